The fraction of sp³-hybridized carbons (Fsp3) is 0.316. The number of aliphatic carboxylic acids is 1. The maximum Gasteiger partial charge on any atom is 0.341 e. The second kappa shape index (κ2) is 9.17. The molecule has 0 aliphatic heterocycles. The number of hydrogen-bond acceptors (Lipinski definition) is 5. The summed E-state index contributed by atoms with van der Waals surface area (Å²) in [5.74, 6) is -1.74. The van der Waals surface area contributed by atoms with Crippen LogP contribution in [0.1, 0.15) is 24.2 Å². The summed E-state index contributed by atoms with van der Waals surface area (Å²) in [4.78, 5) is 10.4. The van der Waals surface area contributed by atoms with Crippen LogP contribution in [0.4, 0.5) is 4.39 Å². The Balaban J connectivity index is 1.83. The molecule has 2 aromatic rings. The Kier molecular flexibility index (Phi) is 6.94. The summed E-state index contributed by atoms with van der Waals surface area (Å²) >= 11 is 0. The maximum atomic E-state index is 13.9. The molecule has 0 fully saturated rings. The molecule has 140 valence electrons. The van der Waals surface area contributed by atoms with Gasteiger partial charge in [-0.05, 0) is 55.3 Å². The molecular weight excluding hydrogens is 341 g/mol. The van der Waals surface area contributed by atoms with Gasteiger partial charge in [-0.1, -0.05) is 18.2 Å². The smallest absolute Gasteiger partial charge is 0.341 e. The van der Waals surface area contributed by atoms with E-state index in [9.17, 15) is 19.4 Å². The molecule has 0 saturated heterocycles. The number of nitrogens with one attached hydrogen (secondary N) is 1. The van der Waals surface area contributed by atoms with Gasteiger partial charge in [-0.15, -0.1) is 0 Å². The van der Waals surface area contributed by atoms with Crippen LogP contribution >= 0.6 is 0 Å². The number of phenolic OH excluding ortho intramolecular Hbond substituents is 1. The quantitative estimate of drug-likeness (QED) is 0.545. The lowest BCUT2D eigenvalue weighted by Gasteiger charge is -2.21. The van der Waals surface area contributed by atoms with Gasteiger partial charge >= 0.3 is 5.97 Å². The lowest BCUT2D eigenvalue weighted by molar-refractivity contribution is -0.139. The SMILES string of the molecule is C[C@H](NCCc1ccc(OCC(=O)O)c(F)c1)[C@H](O)c1ccc(O)cc1. The van der Waals surface area contributed by atoms with E-state index in [1.54, 1.807) is 18.2 Å². The molecule has 6 nitrogen and oxygen atoms in total. The molecule has 7 heteroatoms. The normalized spacial score (nSPS) is 13.2. The van der Waals surface area contributed by atoms with Crippen molar-refractivity contribution in [2.75, 3.05) is 13.2 Å². The van der Waals surface area contributed by atoms with Gasteiger partial charge in [-0.3, -0.25) is 0 Å². The average Bonchev–Trinajstić information content (AvgIpc) is 2.60. The van der Waals surface area contributed by atoms with Gasteiger partial charge in [0.15, 0.2) is 18.2 Å². The van der Waals surface area contributed by atoms with E-state index in [0.717, 1.165) is 5.56 Å². The Morgan fingerprint density at radius 2 is 1.92 bits per heavy atom. The van der Waals surface area contributed by atoms with Gasteiger partial charge in [-0.25, -0.2) is 9.18 Å². The van der Waals surface area contributed by atoms with Crippen LogP contribution in [-0.4, -0.2) is 40.5 Å². The molecule has 0 amide bonds. The third-order valence-corrected chi connectivity index (χ3v) is 3.94. The predicted molar refractivity (Wildman–Crippen MR) is 93.8 cm³/mol. The minimum atomic E-state index is -1.17. The van der Waals surface area contributed by atoms with E-state index in [0.29, 0.717) is 18.5 Å². The van der Waals surface area contributed by atoms with E-state index in [4.69, 9.17) is 9.84 Å². The average molecular weight is 363 g/mol. The summed E-state index contributed by atoms with van der Waals surface area (Å²) in [6, 6.07) is 10.5. The molecule has 0 saturated carbocycles. The Hall–Kier alpha value is -2.64. The lowest BCUT2D eigenvalue weighted by atomic mass is 10.0. The van der Waals surface area contributed by atoms with Crippen molar-refractivity contribution in [3.63, 3.8) is 0 Å². The van der Waals surface area contributed by atoms with Gasteiger partial charge in [-0.2, -0.15) is 0 Å². The molecule has 2 aromatic carbocycles. The molecule has 26 heavy (non-hydrogen) atoms. The van der Waals surface area contributed by atoms with Crippen LogP contribution in [0, 0.1) is 5.82 Å². The number of aromatic hydroxyl groups is 1. The fourth-order valence-corrected chi connectivity index (χ4v) is 2.47. The molecule has 0 unspecified atom stereocenters. The van der Waals surface area contributed by atoms with Crippen LogP contribution in [0.15, 0.2) is 42.5 Å². The number of benzene rings is 2. The Morgan fingerprint density at radius 3 is 2.54 bits per heavy atom. The highest BCUT2D eigenvalue weighted by atomic mass is 19.1. The van der Waals surface area contributed by atoms with Crippen LogP contribution < -0.4 is 10.1 Å². The molecule has 0 aliphatic rings. The van der Waals surface area contributed by atoms with Crippen LogP contribution in [0.5, 0.6) is 11.5 Å². The number of carbonyl (C=O) groups is 1. The van der Waals surface area contributed by atoms with Crippen LogP contribution in [0.25, 0.3) is 0 Å². The summed E-state index contributed by atoms with van der Waals surface area (Å²) in [5, 5.41) is 31.3. The van der Waals surface area contributed by atoms with Gasteiger partial charge in [0.05, 0.1) is 6.10 Å². The molecule has 4 N–H and O–H groups in total. The van der Waals surface area contributed by atoms with Crippen molar-refractivity contribution in [3.05, 3.63) is 59.4 Å². The largest absolute Gasteiger partial charge is 0.508 e. The minimum absolute atomic E-state index is 0.0970. The number of phenols is 1. The van der Waals surface area contributed by atoms with Crippen molar-refractivity contribution in [1.82, 2.24) is 5.32 Å². The van der Waals surface area contributed by atoms with Gasteiger partial charge in [0.2, 0.25) is 0 Å². The summed E-state index contributed by atoms with van der Waals surface area (Å²) in [6.07, 6.45) is -0.206. The van der Waals surface area contributed by atoms with Crippen molar-refractivity contribution in [2.45, 2.75) is 25.5 Å². The number of rotatable bonds is 9. The number of aliphatic hydroxyl groups is 1. The summed E-state index contributed by atoms with van der Waals surface area (Å²) in [7, 11) is 0. The molecule has 0 aliphatic carbocycles. The highest BCUT2D eigenvalue weighted by molar-refractivity contribution is 5.68. The topological polar surface area (TPSA) is 99.0 Å². The summed E-state index contributed by atoms with van der Waals surface area (Å²) < 4.78 is 18.7. The summed E-state index contributed by atoms with van der Waals surface area (Å²) in [6.45, 7) is 1.76. The zero-order valence-corrected chi connectivity index (χ0v) is 14.4. The van der Waals surface area contributed by atoms with Crippen LogP contribution in [0.3, 0.4) is 0 Å². The Labute approximate surface area is 150 Å². The molecule has 0 bridgehead atoms. The van der Waals surface area contributed by atoms with Gasteiger partial charge < -0.3 is 25.4 Å². The number of carboxylic acids is 1. The number of carboxylic acid groups (broad SMARTS) is 1. The predicted octanol–water partition coefficient (Wildman–Crippen LogP) is 2.25. The first-order valence-corrected chi connectivity index (χ1v) is 8.20. The summed E-state index contributed by atoms with van der Waals surface area (Å²) in [5.41, 5.74) is 1.41. The molecule has 2 atom stereocenters. The second-order valence-electron chi connectivity index (χ2n) is 5.98. The van der Waals surface area contributed by atoms with E-state index in [1.165, 1.54) is 24.3 Å². The van der Waals surface area contributed by atoms with E-state index >= 15 is 0 Å². The van der Waals surface area contributed by atoms with Gasteiger partial charge in [0.1, 0.15) is 5.75 Å². The van der Waals surface area contributed by atoms with Crippen molar-refractivity contribution in [2.24, 2.45) is 0 Å². The Bertz CT molecular complexity index is 735. The zero-order valence-electron chi connectivity index (χ0n) is 14.4. The van der Waals surface area contributed by atoms with Crippen molar-refractivity contribution in [1.29, 1.82) is 0 Å². The number of ether oxygens (including phenoxy) is 1. The third kappa shape index (κ3) is 5.72. The highest BCUT2D eigenvalue weighted by Gasteiger charge is 2.15. The molecule has 0 radical (unpaired) electrons. The van der Waals surface area contributed by atoms with Gasteiger partial charge in [0.25, 0.3) is 0 Å². The first kappa shape index (κ1) is 19.7. The van der Waals surface area contributed by atoms with Gasteiger partial charge in [0, 0.05) is 6.04 Å². The highest BCUT2D eigenvalue weighted by Crippen LogP contribution is 2.20. The van der Waals surface area contributed by atoms with E-state index in [2.05, 4.69) is 5.32 Å². The van der Waals surface area contributed by atoms with Crippen LogP contribution in [0.2, 0.25) is 0 Å². The lowest BCUT2D eigenvalue weighted by Crippen LogP contribution is -2.33. The first-order chi connectivity index (χ1) is 12.4. The molecular formula is C19H22FNO5. The molecule has 2 rings (SSSR count). The first-order valence-electron chi connectivity index (χ1n) is 8.20. The van der Waals surface area contributed by atoms with E-state index in [-0.39, 0.29) is 17.5 Å². The van der Waals surface area contributed by atoms with Crippen LogP contribution in [-0.2, 0) is 11.2 Å². The number of aliphatic hydroxyl groups excluding tert-OH is 1. The second-order valence-corrected chi connectivity index (χ2v) is 5.98. The van der Waals surface area contributed by atoms with Crippen molar-refractivity contribution >= 4 is 5.97 Å². The standard InChI is InChI=1S/C19H22FNO5/c1-12(19(25)14-3-5-15(22)6-4-14)21-9-8-13-2-7-17(16(20)10-13)26-11-18(23)24/h2-7,10,12,19,21-22,25H,8-9,11H2,1H3,(H,23,24)/t12-,19-/m0/s1. The van der Waals surface area contributed by atoms with E-state index < -0.39 is 24.5 Å². The minimum Gasteiger partial charge on any atom is -0.508 e. The fourth-order valence-electron chi connectivity index (χ4n) is 2.47. The number of halogens is 1. The Morgan fingerprint density at radius 1 is 1.23 bits per heavy atom. The van der Waals surface area contributed by atoms with E-state index in [1.807, 2.05) is 6.92 Å². The van der Waals surface area contributed by atoms with Crippen molar-refractivity contribution in [3.8, 4) is 11.5 Å². The third-order valence-electron chi connectivity index (χ3n) is 3.94. The number of hydrogen-bond donors (Lipinski definition) is 4. The monoisotopic (exact) mass is 363 g/mol. The molecule has 0 aromatic heterocycles. The maximum absolute atomic E-state index is 13.9. The van der Waals surface area contributed by atoms with Crippen molar-refractivity contribution < 1.29 is 29.2 Å². The molecule has 0 heterocycles. The zero-order chi connectivity index (χ0) is 19.1. The molecule has 0 spiro atoms.